The second-order valence-electron chi connectivity index (χ2n) is 6.16. The van der Waals surface area contributed by atoms with Crippen molar-refractivity contribution < 1.29 is 4.79 Å². The zero-order valence-electron chi connectivity index (χ0n) is 14.8. The molecule has 7 heteroatoms. The van der Waals surface area contributed by atoms with Gasteiger partial charge in [-0.2, -0.15) is 5.10 Å². The highest BCUT2D eigenvalue weighted by atomic mass is 32.1. The standard InChI is InChI=1S/C19H21N5OS/c1-15(25)21-17-9-6-10-18(11-17)23-13-20-24(19(23)26)14-22(2)12-16-7-4-3-5-8-16/h3-11,13H,12,14H2,1-2H3,(H,21,25). The molecule has 0 bridgehead atoms. The van der Waals surface area contributed by atoms with Gasteiger partial charge in [-0.05, 0) is 43.0 Å². The van der Waals surface area contributed by atoms with E-state index in [0.29, 0.717) is 11.4 Å². The van der Waals surface area contributed by atoms with Crippen molar-refractivity contribution in [1.29, 1.82) is 0 Å². The first kappa shape index (κ1) is 18.0. The molecule has 0 saturated carbocycles. The number of hydrogen-bond acceptors (Lipinski definition) is 4. The van der Waals surface area contributed by atoms with E-state index >= 15 is 0 Å². The summed E-state index contributed by atoms with van der Waals surface area (Å²) in [6.07, 6.45) is 1.70. The number of benzene rings is 2. The summed E-state index contributed by atoms with van der Waals surface area (Å²) in [6, 6.07) is 17.8. The zero-order valence-corrected chi connectivity index (χ0v) is 15.6. The van der Waals surface area contributed by atoms with Crippen molar-refractivity contribution in [3.05, 3.63) is 71.3 Å². The predicted molar refractivity (Wildman–Crippen MR) is 105 cm³/mol. The van der Waals surface area contributed by atoms with Crippen LogP contribution in [-0.4, -0.2) is 32.2 Å². The molecule has 1 heterocycles. The van der Waals surface area contributed by atoms with Crippen molar-refractivity contribution in [3.8, 4) is 5.69 Å². The smallest absolute Gasteiger partial charge is 0.221 e. The summed E-state index contributed by atoms with van der Waals surface area (Å²) in [5.74, 6) is -0.107. The molecule has 2 aromatic carbocycles. The number of nitrogens with zero attached hydrogens (tertiary/aromatic N) is 4. The fourth-order valence-corrected chi connectivity index (χ4v) is 2.98. The summed E-state index contributed by atoms with van der Waals surface area (Å²) in [5.41, 5.74) is 2.83. The molecule has 0 aliphatic carbocycles. The summed E-state index contributed by atoms with van der Waals surface area (Å²) >= 11 is 5.57. The van der Waals surface area contributed by atoms with Crippen molar-refractivity contribution in [2.24, 2.45) is 0 Å². The third-order valence-electron chi connectivity index (χ3n) is 3.85. The highest BCUT2D eigenvalue weighted by Gasteiger charge is 2.08. The molecule has 3 aromatic rings. The molecule has 3 rings (SSSR count). The first-order valence-corrected chi connectivity index (χ1v) is 8.69. The van der Waals surface area contributed by atoms with E-state index in [2.05, 4.69) is 27.4 Å². The maximum Gasteiger partial charge on any atom is 0.221 e. The molecule has 0 saturated heterocycles. The molecule has 0 aliphatic heterocycles. The molecule has 0 aliphatic rings. The van der Waals surface area contributed by atoms with E-state index in [9.17, 15) is 4.79 Å². The van der Waals surface area contributed by atoms with E-state index in [-0.39, 0.29) is 5.91 Å². The van der Waals surface area contributed by atoms with Crippen LogP contribution in [0, 0.1) is 4.77 Å². The van der Waals surface area contributed by atoms with Crippen LogP contribution in [0.2, 0.25) is 0 Å². The Bertz CT molecular complexity index is 948. The van der Waals surface area contributed by atoms with E-state index in [1.54, 1.807) is 11.0 Å². The Morgan fingerprint density at radius 1 is 1.19 bits per heavy atom. The van der Waals surface area contributed by atoms with Crippen LogP contribution in [0.4, 0.5) is 5.69 Å². The van der Waals surface area contributed by atoms with Crippen molar-refractivity contribution in [2.45, 2.75) is 20.1 Å². The Morgan fingerprint density at radius 3 is 2.69 bits per heavy atom. The Hall–Kier alpha value is -2.77. The summed E-state index contributed by atoms with van der Waals surface area (Å²) in [5, 5.41) is 7.19. The minimum Gasteiger partial charge on any atom is -0.326 e. The van der Waals surface area contributed by atoms with Crippen LogP contribution in [-0.2, 0) is 18.0 Å². The number of nitrogens with one attached hydrogen (secondary N) is 1. The normalized spacial score (nSPS) is 10.9. The number of amides is 1. The lowest BCUT2D eigenvalue weighted by molar-refractivity contribution is -0.114. The van der Waals surface area contributed by atoms with Crippen molar-refractivity contribution in [2.75, 3.05) is 12.4 Å². The highest BCUT2D eigenvalue weighted by molar-refractivity contribution is 7.71. The molecular formula is C19H21N5OS. The van der Waals surface area contributed by atoms with Gasteiger partial charge in [-0.15, -0.1) is 0 Å². The number of anilines is 1. The van der Waals surface area contributed by atoms with Crippen LogP contribution in [0.15, 0.2) is 60.9 Å². The van der Waals surface area contributed by atoms with E-state index in [4.69, 9.17) is 12.2 Å². The van der Waals surface area contributed by atoms with Gasteiger partial charge in [0.05, 0.1) is 12.4 Å². The maximum atomic E-state index is 11.2. The average Bonchev–Trinajstić information content (AvgIpc) is 2.96. The third kappa shape index (κ3) is 4.44. The van der Waals surface area contributed by atoms with Crippen molar-refractivity contribution in [1.82, 2.24) is 19.2 Å². The van der Waals surface area contributed by atoms with E-state index in [1.807, 2.05) is 54.1 Å². The number of hydrogen-bond donors (Lipinski definition) is 1. The van der Waals surface area contributed by atoms with E-state index in [0.717, 1.165) is 17.9 Å². The second kappa shape index (κ2) is 8.07. The summed E-state index contributed by atoms with van der Waals surface area (Å²) in [7, 11) is 2.03. The van der Waals surface area contributed by atoms with E-state index < -0.39 is 0 Å². The second-order valence-corrected chi connectivity index (χ2v) is 6.52. The molecule has 0 fully saturated rings. The minimum absolute atomic E-state index is 0.107. The Labute approximate surface area is 157 Å². The first-order valence-electron chi connectivity index (χ1n) is 8.28. The van der Waals surface area contributed by atoms with Gasteiger partial charge in [0.25, 0.3) is 0 Å². The van der Waals surface area contributed by atoms with Crippen LogP contribution >= 0.6 is 12.2 Å². The van der Waals surface area contributed by atoms with Crippen molar-refractivity contribution >= 4 is 23.8 Å². The molecule has 0 spiro atoms. The molecule has 1 amide bonds. The van der Waals surface area contributed by atoms with Crippen LogP contribution in [0.25, 0.3) is 5.69 Å². The summed E-state index contributed by atoms with van der Waals surface area (Å²) in [4.78, 5) is 13.4. The lowest BCUT2D eigenvalue weighted by atomic mass is 10.2. The largest absolute Gasteiger partial charge is 0.326 e. The van der Waals surface area contributed by atoms with Crippen LogP contribution in [0.1, 0.15) is 12.5 Å². The monoisotopic (exact) mass is 367 g/mol. The van der Waals surface area contributed by atoms with Gasteiger partial charge in [-0.3, -0.25) is 14.3 Å². The molecule has 26 heavy (non-hydrogen) atoms. The van der Waals surface area contributed by atoms with Crippen LogP contribution in [0.5, 0.6) is 0 Å². The fraction of sp³-hybridized carbons (Fsp3) is 0.211. The van der Waals surface area contributed by atoms with Gasteiger partial charge in [0, 0.05) is 19.2 Å². The summed E-state index contributed by atoms with van der Waals surface area (Å²) in [6.45, 7) is 2.89. The summed E-state index contributed by atoms with van der Waals surface area (Å²) < 4.78 is 4.21. The SMILES string of the molecule is CC(=O)Nc1cccc(-n2cnn(CN(C)Cc3ccccc3)c2=S)c1. The topological polar surface area (TPSA) is 55.1 Å². The molecule has 0 radical (unpaired) electrons. The number of carbonyl (C=O) groups excluding carboxylic acids is 1. The van der Waals surface area contributed by atoms with Crippen LogP contribution in [0.3, 0.4) is 0 Å². The quantitative estimate of drug-likeness (QED) is 0.678. The van der Waals surface area contributed by atoms with Gasteiger partial charge in [0.1, 0.15) is 6.33 Å². The molecule has 1 N–H and O–H groups in total. The van der Waals surface area contributed by atoms with Gasteiger partial charge in [0.15, 0.2) is 0 Å². The predicted octanol–water partition coefficient (Wildman–Crippen LogP) is 3.45. The molecule has 6 nitrogen and oxygen atoms in total. The minimum atomic E-state index is -0.107. The Kier molecular flexibility index (Phi) is 5.60. The Morgan fingerprint density at radius 2 is 1.96 bits per heavy atom. The molecule has 0 unspecified atom stereocenters. The van der Waals surface area contributed by atoms with Crippen LogP contribution < -0.4 is 5.32 Å². The van der Waals surface area contributed by atoms with Gasteiger partial charge in [0.2, 0.25) is 10.7 Å². The van der Waals surface area contributed by atoms with E-state index in [1.165, 1.54) is 12.5 Å². The van der Waals surface area contributed by atoms with Gasteiger partial charge in [-0.1, -0.05) is 36.4 Å². The van der Waals surface area contributed by atoms with Gasteiger partial charge >= 0.3 is 0 Å². The third-order valence-corrected chi connectivity index (χ3v) is 4.26. The van der Waals surface area contributed by atoms with Gasteiger partial charge in [-0.25, -0.2) is 4.68 Å². The highest BCUT2D eigenvalue weighted by Crippen LogP contribution is 2.15. The zero-order chi connectivity index (χ0) is 18.5. The fourth-order valence-electron chi connectivity index (χ4n) is 2.72. The molecule has 0 atom stereocenters. The molecular weight excluding hydrogens is 346 g/mol. The maximum absolute atomic E-state index is 11.2. The average molecular weight is 367 g/mol. The first-order chi connectivity index (χ1) is 12.5. The lowest BCUT2D eigenvalue weighted by Gasteiger charge is -2.16. The van der Waals surface area contributed by atoms with Crippen molar-refractivity contribution in [3.63, 3.8) is 0 Å². The Balaban J connectivity index is 1.76. The molecule has 1 aromatic heterocycles. The molecule has 134 valence electrons. The number of aromatic nitrogens is 3. The number of rotatable bonds is 6. The number of carbonyl (C=O) groups is 1. The van der Waals surface area contributed by atoms with Gasteiger partial charge < -0.3 is 5.32 Å². The lowest BCUT2D eigenvalue weighted by Crippen LogP contribution is -2.22.